The number of halogens is 1. The second kappa shape index (κ2) is 8.87. The largest absolute Gasteiger partial charge is 0.123 e. The van der Waals surface area contributed by atoms with Gasteiger partial charge in [-0.1, -0.05) is 59.3 Å². The summed E-state index contributed by atoms with van der Waals surface area (Å²) in [6.45, 7) is 6.66. The van der Waals surface area contributed by atoms with Gasteiger partial charge in [-0.05, 0) is 12.3 Å². The first-order valence-electron chi connectivity index (χ1n) is 5.82. The zero-order valence-corrected chi connectivity index (χ0v) is 10.2. The molecule has 0 heterocycles. The van der Waals surface area contributed by atoms with E-state index in [0.717, 1.165) is 0 Å². The molecule has 0 saturated heterocycles. The Kier molecular flexibility index (Phi) is 9.07. The highest BCUT2D eigenvalue weighted by molar-refractivity contribution is 6.20. The Balaban J connectivity index is 3.07. The van der Waals surface area contributed by atoms with Crippen molar-refractivity contribution < 1.29 is 0 Å². The molecule has 0 aliphatic carbocycles. The Morgan fingerprint density at radius 1 is 0.923 bits per heavy atom. The molecule has 0 aliphatic rings. The van der Waals surface area contributed by atoms with Gasteiger partial charge in [-0.3, -0.25) is 0 Å². The first kappa shape index (κ1) is 13.3. The maximum absolute atomic E-state index is 6.16. The van der Waals surface area contributed by atoms with Crippen molar-refractivity contribution in [1.82, 2.24) is 0 Å². The maximum atomic E-state index is 6.16. The molecule has 0 aliphatic heterocycles. The van der Waals surface area contributed by atoms with Crippen molar-refractivity contribution in [1.29, 1.82) is 0 Å². The van der Waals surface area contributed by atoms with Crippen molar-refractivity contribution in [2.45, 2.75) is 71.1 Å². The third kappa shape index (κ3) is 8.62. The molecule has 0 aromatic rings. The molecule has 0 rings (SSSR count). The van der Waals surface area contributed by atoms with Crippen LogP contribution in [0.4, 0.5) is 0 Å². The van der Waals surface area contributed by atoms with Gasteiger partial charge in [-0.2, -0.15) is 0 Å². The minimum absolute atomic E-state index is 0.395. The van der Waals surface area contributed by atoms with Gasteiger partial charge in [0.05, 0.1) is 0 Å². The number of unbranched alkanes of at least 4 members (excludes halogenated alkanes) is 5. The van der Waals surface area contributed by atoms with E-state index in [0.29, 0.717) is 11.3 Å². The van der Waals surface area contributed by atoms with Crippen LogP contribution in [0.2, 0.25) is 0 Å². The Labute approximate surface area is 89.1 Å². The molecule has 0 radical (unpaired) electrons. The fourth-order valence-electron chi connectivity index (χ4n) is 1.45. The normalized spacial score (nSPS) is 13.6. The maximum Gasteiger partial charge on any atom is 0.0359 e. The van der Waals surface area contributed by atoms with Gasteiger partial charge in [0.1, 0.15) is 0 Å². The van der Waals surface area contributed by atoms with Crippen LogP contribution in [0, 0.1) is 5.92 Å². The summed E-state index contributed by atoms with van der Waals surface area (Å²) < 4.78 is 0. The summed E-state index contributed by atoms with van der Waals surface area (Å²) in [4.78, 5) is 0. The number of alkyl halides is 1. The van der Waals surface area contributed by atoms with Gasteiger partial charge in [-0.15, -0.1) is 11.6 Å². The molecule has 1 heteroatoms. The van der Waals surface area contributed by atoms with Crippen LogP contribution in [0.5, 0.6) is 0 Å². The van der Waals surface area contributed by atoms with E-state index in [9.17, 15) is 0 Å². The summed E-state index contributed by atoms with van der Waals surface area (Å²) in [6.07, 6.45) is 9.43. The molecule has 1 atom stereocenters. The molecule has 0 aromatic heterocycles. The molecule has 0 spiro atoms. The fourth-order valence-corrected chi connectivity index (χ4v) is 1.61. The van der Waals surface area contributed by atoms with Crippen molar-refractivity contribution in [2.75, 3.05) is 0 Å². The van der Waals surface area contributed by atoms with Crippen molar-refractivity contribution in [3.8, 4) is 0 Å². The van der Waals surface area contributed by atoms with Crippen LogP contribution in [-0.4, -0.2) is 5.38 Å². The molecular weight excluding hydrogens is 180 g/mol. The summed E-state index contributed by atoms with van der Waals surface area (Å²) in [6, 6.07) is 0. The molecule has 0 nitrogen and oxygen atoms in total. The van der Waals surface area contributed by atoms with Crippen LogP contribution in [0.25, 0.3) is 0 Å². The first-order chi connectivity index (χ1) is 6.18. The van der Waals surface area contributed by atoms with Gasteiger partial charge in [0.2, 0.25) is 0 Å². The fraction of sp³-hybridized carbons (Fsp3) is 1.00. The molecule has 1 unspecified atom stereocenters. The average molecular weight is 205 g/mol. The highest BCUT2D eigenvalue weighted by Crippen LogP contribution is 2.17. The Bertz CT molecular complexity index is 99.3. The summed E-state index contributed by atoms with van der Waals surface area (Å²) in [5.41, 5.74) is 0. The number of hydrogen-bond acceptors (Lipinski definition) is 0. The average Bonchev–Trinajstić information content (AvgIpc) is 2.10. The Hall–Kier alpha value is 0.290. The molecule has 0 aromatic carbocycles. The number of hydrogen-bond donors (Lipinski definition) is 0. The minimum atomic E-state index is 0.395. The molecule has 80 valence electrons. The lowest BCUT2D eigenvalue weighted by atomic mass is 10.0. The zero-order chi connectivity index (χ0) is 10.1. The third-order valence-electron chi connectivity index (χ3n) is 2.56. The topological polar surface area (TPSA) is 0 Å². The van der Waals surface area contributed by atoms with Crippen LogP contribution in [0.3, 0.4) is 0 Å². The van der Waals surface area contributed by atoms with Gasteiger partial charge < -0.3 is 0 Å². The van der Waals surface area contributed by atoms with E-state index in [4.69, 9.17) is 11.6 Å². The van der Waals surface area contributed by atoms with Crippen molar-refractivity contribution in [2.24, 2.45) is 5.92 Å². The summed E-state index contributed by atoms with van der Waals surface area (Å²) in [7, 11) is 0. The second-order valence-corrected chi connectivity index (χ2v) is 4.88. The van der Waals surface area contributed by atoms with Gasteiger partial charge >= 0.3 is 0 Å². The van der Waals surface area contributed by atoms with Gasteiger partial charge in [0.15, 0.2) is 0 Å². The van der Waals surface area contributed by atoms with E-state index < -0.39 is 0 Å². The van der Waals surface area contributed by atoms with Crippen LogP contribution in [0.1, 0.15) is 65.7 Å². The highest BCUT2D eigenvalue weighted by Gasteiger charge is 2.07. The highest BCUT2D eigenvalue weighted by atomic mass is 35.5. The smallest absolute Gasteiger partial charge is 0.0359 e. The van der Waals surface area contributed by atoms with Gasteiger partial charge in [0.25, 0.3) is 0 Å². The molecule has 13 heavy (non-hydrogen) atoms. The lowest BCUT2D eigenvalue weighted by Crippen LogP contribution is -2.06. The van der Waals surface area contributed by atoms with Crippen molar-refractivity contribution in [3.05, 3.63) is 0 Å². The Morgan fingerprint density at radius 2 is 1.46 bits per heavy atom. The molecule has 0 saturated carbocycles. The molecule has 0 fully saturated rings. The molecule has 0 N–H and O–H groups in total. The molecule has 0 amide bonds. The van der Waals surface area contributed by atoms with E-state index in [1.165, 1.54) is 44.9 Å². The van der Waals surface area contributed by atoms with E-state index in [1.54, 1.807) is 0 Å². The Morgan fingerprint density at radius 3 is 2.00 bits per heavy atom. The van der Waals surface area contributed by atoms with Crippen LogP contribution in [-0.2, 0) is 0 Å². The van der Waals surface area contributed by atoms with Crippen molar-refractivity contribution >= 4 is 11.6 Å². The lowest BCUT2D eigenvalue weighted by Gasteiger charge is -2.12. The van der Waals surface area contributed by atoms with Crippen molar-refractivity contribution in [3.63, 3.8) is 0 Å². The minimum Gasteiger partial charge on any atom is -0.123 e. The lowest BCUT2D eigenvalue weighted by molar-refractivity contribution is 0.518. The van der Waals surface area contributed by atoms with E-state index in [2.05, 4.69) is 20.8 Å². The van der Waals surface area contributed by atoms with Crippen LogP contribution < -0.4 is 0 Å². The van der Waals surface area contributed by atoms with Crippen LogP contribution >= 0.6 is 11.6 Å². The summed E-state index contributed by atoms with van der Waals surface area (Å²) in [5, 5.41) is 0.395. The van der Waals surface area contributed by atoms with Gasteiger partial charge in [-0.25, -0.2) is 0 Å². The predicted octanol–water partition coefficient (Wildman–Crippen LogP) is 5.00. The molecule has 0 bridgehead atoms. The predicted molar refractivity (Wildman–Crippen MR) is 62.5 cm³/mol. The van der Waals surface area contributed by atoms with Crippen LogP contribution in [0.15, 0.2) is 0 Å². The monoisotopic (exact) mass is 204 g/mol. The SMILES string of the molecule is CCCCCCCCC(Cl)C(C)C. The van der Waals surface area contributed by atoms with E-state index >= 15 is 0 Å². The first-order valence-corrected chi connectivity index (χ1v) is 6.26. The zero-order valence-electron chi connectivity index (χ0n) is 9.48. The quantitative estimate of drug-likeness (QED) is 0.386. The van der Waals surface area contributed by atoms with Gasteiger partial charge in [0, 0.05) is 5.38 Å². The van der Waals surface area contributed by atoms with E-state index in [1.807, 2.05) is 0 Å². The molecular formula is C12H25Cl. The standard InChI is InChI=1S/C12H25Cl/c1-4-5-6-7-8-9-10-12(13)11(2)3/h11-12H,4-10H2,1-3H3. The number of rotatable bonds is 8. The summed E-state index contributed by atoms with van der Waals surface area (Å²) >= 11 is 6.16. The second-order valence-electron chi connectivity index (χ2n) is 4.32. The van der Waals surface area contributed by atoms with E-state index in [-0.39, 0.29) is 0 Å². The third-order valence-corrected chi connectivity index (χ3v) is 3.28. The summed E-state index contributed by atoms with van der Waals surface area (Å²) in [5.74, 6) is 0.636.